The third-order valence-corrected chi connectivity index (χ3v) is 7.30. The number of piperidine rings is 1. The number of rotatable bonds is 5. The summed E-state index contributed by atoms with van der Waals surface area (Å²) in [4.78, 5) is 42.8. The molecule has 1 aromatic heterocycles. The van der Waals surface area contributed by atoms with E-state index in [1.807, 2.05) is 30.5 Å². The maximum absolute atomic E-state index is 12.9. The van der Waals surface area contributed by atoms with Gasteiger partial charge < -0.3 is 9.64 Å². The number of fused-ring (bicyclic) bond motifs is 1. The number of carbonyl (C=O) groups is 3. The summed E-state index contributed by atoms with van der Waals surface area (Å²) in [6, 6.07) is 9.34. The number of hydrogen-bond donors (Lipinski definition) is 1. The smallest absolute Gasteiger partial charge is 0.255 e. The zero-order valence-corrected chi connectivity index (χ0v) is 18.9. The van der Waals surface area contributed by atoms with Crippen LogP contribution in [0.1, 0.15) is 60.0 Å². The summed E-state index contributed by atoms with van der Waals surface area (Å²) >= 11 is 0. The van der Waals surface area contributed by atoms with Gasteiger partial charge in [-0.2, -0.15) is 0 Å². The van der Waals surface area contributed by atoms with Gasteiger partial charge in [-0.25, -0.2) is 0 Å². The monoisotopic (exact) mass is 447 g/mol. The molecule has 0 bridgehead atoms. The summed E-state index contributed by atoms with van der Waals surface area (Å²) in [5, 5.41) is 2.34. The summed E-state index contributed by atoms with van der Waals surface area (Å²) < 4.78 is 5.47. The molecule has 1 saturated heterocycles. The van der Waals surface area contributed by atoms with Crippen molar-refractivity contribution in [3.8, 4) is 11.3 Å². The van der Waals surface area contributed by atoms with Gasteiger partial charge in [-0.3, -0.25) is 24.7 Å². The van der Waals surface area contributed by atoms with E-state index in [0.717, 1.165) is 36.1 Å². The Kier molecular flexibility index (Phi) is 5.98. The van der Waals surface area contributed by atoms with Crippen LogP contribution in [0.5, 0.6) is 0 Å². The molecule has 1 aliphatic carbocycles. The number of hydrogen-bond acceptors (Lipinski definition) is 5. The first kappa shape index (κ1) is 21.8. The summed E-state index contributed by atoms with van der Waals surface area (Å²) in [6.45, 7) is 0.372. The van der Waals surface area contributed by atoms with E-state index in [2.05, 4.69) is 11.4 Å². The second-order valence-electron chi connectivity index (χ2n) is 9.41. The van der Waals surface area contributed by atoms with E-state index in [1.54, 1.807) is 12.0 Å². The van der Waals surface area contributed by atoms with Gasteiger partial charge in [0.2, 0.25) is 11.8 Å². The predicted octanol–water partition coefficient (Wildman–Crippen LogP) is 3.26. The number of methoxy groups -OCH3 is 1. The summed E-state index contributed by atoms with van der Waals surface area (Å²) in [5.74, 6) is -0.133. The maximum atomic E-state index is 12.9. The van der Waals surface area contributed by atoms with Crippen LogP contribution in [0.4, 0.5) is 0 Å². The Bertz CT molecular complexity index is 1070. The highest BCUT2D eigenvalue weighted by Gasteiger charge is 2.39. The molecule has 2 fully saturated rings. The Morgan fingerprint density at radius 1 is 1.06 bits per heavy atom. The van der Waals surface area contributed by atoms with Crippen LogP contribution in [0.25, 0.3) is 11.3 Å². The van der Waals surface area contributed by atoms with E-state index < -0.39 is 6.04 Å². The van der Waals surface area contributed by atoms with Crippen LogP contribution in [-0.2, 0) is 27.3 Å². The standard InChI is InChI=1S/C26H29N3O4/c1-33-20-6-2-16(3-7-20)12-17-4-9-22(27-14-17)18-5-8-21-19(13-18)15-29(26(21)32)23-10-11-24(30)28-25(23)31/h4-5,8-9,13-14,16,20,23H,2-3,6-7,10-12,15H2,1H3,(H,28,30,31)/t16-,20+,23?. The third kappa shape index (κ3) is 4.42. The van der Waals surface area contributed by atoms with Crippen molar-refractivity contribution < 1.29 is 19.1 Å². The second kappa shape index (κ2) is 9.06. The Labute approximate surface area is 193 Å². The molecule has 1 N–H and O–H groups in total. The SMILES string of the molecule is CO[C@H]1CC[C@@H](Cc2ccc(-c3ccc4c(c3)CN(C3CCC(=O)NC3=O)C4=O)nc2)CC1. The number of carbonyl (C=O) groups excluding carboxylic acids is 3. The number of imide groups is 1. The van der Waals surface area contributed by atoms with Gasteiger partial charge >= 0.3 is 0 Å². The summed E-state index contributed by atoms with van der Waals surface area (Å²) in [5.41, 5.74) is 4.59. The number of ether oxygens (including phenoxy) is 1. The lowest BCUT2D eigenvalue weighted by molar-refractivity contribution is -0.136. The normalized spacial score (nSPS) is 25.2. The lowest BCUT2D eigenvalue weighted by Gasteiger charge is -2.29. The zero-order valence-electron chi connectivity index (χ0n) is 18.9. The Morgan fingerprint density at radius 2 is 1.88 bits per heavy atom. The van der Waals surface area contributed by atoms with Crippen molar-refractivity contribution in [3.63, 3.8) is 0 Å². The molecule has 7 nitrogen and oxygen atoms in total. The van der Waals surface area contributed by atoms with Gasteiger partial charge in [0.1, 0.15) is 6.04 Å². The Balaban J connectivity index is 1.26. The minimum absolute atomic E-state index is 0.155. The van der Waals surface area contributed by atoms with Gasteiger partial charge in [0.25, 0.3) is 5.91 Å². The number of nitrogens with one attached hydrogen (secondary N) is 1. The van der Waals surface area contributed by atoms with Crippen molar-refractivity contribution in [1.82, 2.24) is 15.2 Å². The molecule has 7 heteroatoms. The van der Waals surface area contributed by atoms with Crippen LogP contribution in [0.3, 0.4) is 0 Å². The van der Waals surface area contributed by atoms with E-state index >= 15 is 0 Å². The Hall–Kier alpha value is -3.06. The van der Waals surface area contributed by atoms with E-state index in [4.69, 9.17) is 9.72 Å². The van der Waals surface area contributed by atoms with Crippen LogP contribution in [-0.4, -0.2) is 46.9 Å². The van der Waals surface area contributed by atoms with Gasteiger partial charge in [0.05, 0.1) is 11.8 Å². The van der Waals surface area contributed by atoms with Gasteiger partial charge in [-0.1, -0.05) is 12.1 Å². The largest absolute Gasteiger partial charge is 0.381 e. The molecule has 1 aromatic carbocycles. The number of pyridine rings is 1. The van der Waals surface area contributed by atoms with Crippen molar-refractivity contribution in [2.24, 2.45) is 5.92 Å². The van der Waals surface area contributed by atoms with Gasteiger partial charge in [0.15, 0.2) is 0 Å². The molecule has 3 amide bonds. The summed E-state index contributed by atoms with van der Waals surface area (Å²) in [7, 11) is 1.80. The molecule has 1 unspecified atom stereocenters. The van der Waals surface area contributed by atoms with Crippen LogP contribution >= 0.6 is 0 Å². The fraction of sp³-hybridized carbons (Fsp3) is 0.462. The third-order valence-electron chi connectivity index (χ3n) is 7.30. The molecule has 5 rings (SSSR count). The quantitative estimate of drug-likeness (QED) is 0.711. The average Bonchev–Trinajstić information content (AvgIpc) is 3.15. The fourth-order valence-corrected chi connectivity index (χ4v) is 5.35. The van der Waals surface area contributed by atoms with Crippen molar-refractivity contribution in [3.05, 3.63) is 53.2 Å². The number of amides is 3. The lowest BCUT2D eigenvalue weighted by atomic mass is 9.83. The number of benzene rings is 1. The molecule has 172 valence electrons. The topological polar surface area (TPSA) is 88.6 Å². The molecule has 0 spiro atoms. The minimum Gasteiger partial charge on any atom is -0.381 e. The van der Waals surface area contributed by atoms with Crippen molar-refractivity contribution in [2.75, 3.05) is 7.11 Å². The van der Waals surface area contributed by atoms with E-state index in [-0.39, 0.29) is 24.1 Å². The molecule has 3 heterocycles. The molecule has 2 aliphatic heterocycles. The molecule has 1 saturated carbocycles. The molecule has 0 radical (unpaired) electrons. The first-order valence-electron chi connectivity index (χ1n) is 11.8. The van der Waals surface area contributed by atoms with Crippen molar-refractivity contribution in [2.45, 2.75) is 63.6 Å². The molecule has 33 heavy (non-hydrogen) atoms. The van der Waals surface area contributed by atoms with Crippen molar-refractivity contribution >= 4 is 17.7 Å². The number of nitrogens with zero attached hydrogens (tertiary/aromatic N) is 2. The van der Waals surface area contributed by atoms with Gasteiger partial charge in [-0.15, -0.1) is 0 Å². The van der Waals surface area contributed by atoms with Crippen LogP contribution in [0.15, 0.2) is 36.5 Å². The van der Waals surface area contributed by atoms with Crippen LogP contribution in [0.2, 0.25) is 0 Å². The number of aromatic nitrogens is 1. The minimum atomic E-state index is -0.595. The first-order chi connectivity index (χ1) is 16.0. The van der Waals surface area contributed by atoms with E-state index in [9.17, 15) is 14.4 Å². The first-order valence-corrected chi connectivity index (χ1v) is 11.8. The van der Waals surface area contributed by atoms with Gasteiger partial charge in [-0.05, 0) is 73.8 Å². The highest BCUT2D eigenvalue weighted by molar-refractivity contribution is 6.05. The second-order valence-corrected chi connectivity index (χ2v) is 9.41. The molecular formula is C26H29N3O4. The van der Waals surface area contributed by atoms with Crippen molar-refractivity contribution in [1.29, 1.82) is 0 Å². The average molecular weight is 448 g/mol. The molecule has 2 aromatic rings. The zero-order chi connectivity index (χ0) is 22.9. The highest BCUT2D eigenvalue weighted by atomic mass is 16.5. The predicted molar refractivity (Wildman–Crippen MR) is 122 cm³/mol. The molecule has 1 atom stereocenters. The summed E-state index contributed by atoms with van der Waals surface area (Å²) in [6.07, 6.45) is 8.71. The maximum Gasteiger partial charge on any atom is 0.255 e. The van der Waals surface area contributed by atoms with E-state index in [0.29, 0.717) is 30.6 Å². The Morgan fingerprint density at radius 3 is 2.58 bits per heavy atom. The van der Waals surface area contributed by atoms with Gasteiger partial charge in [0, 0.05) is 37.4 Å². The van der Waals surface area contributed by atoms with Crippen LogP contribution in [0, 0.1) is 5.92 Å². The fourth-order valence-electron chi connectivity index (χ4n) is 5.35. The highest BCUT2D eigenvalue weighted by Crippen LogP contribution is 2.32. The van der Waals surface area contributed by atoms with Crippen LogP contribution < -0.4 is 5.32 Å². The molecular weight excluding hydrogens is 418 g/mol. The van der Waals surface area contributed by atoms with E-state index in [1.165, 1.54) is 18.4 Å². The molecule has 3 aliphatic rings. The lowest BCUT2D eigenvalue weighted by Crippen LogP contribution is -2.52.